The van der Waals surface area contributed by atoms with Crippen LogP contribution in [0.5, 0.6) is 0 Å². The molecule has 90 valence electrons. The fourth-order valence-corrected chi connectivity index (χ4v) is 1.88. The van der Waals surface area contributed by atoms with Gasteiger partial charge in [0.05, 0.1) is 0 Å². The molecule has 0 unspecified atom stereocenters. The van der Waals surface area contributed by atoms with Crippen LogP contribution in [0.1, 0.15) is 0 Å². The highest BCUT2D eigenvalue weighted by Gasteiger charge is 1.95. The molecule has 0 radical (unpaired) electrons. The number of fused-ring (bicyclic) bond motifs is 2. The molecule has 3 nitrogen and oxygen atoms in total. The number of hydrogen-bond acceptors (Lipinski definition) is 1. The Morgan fingerprint density at radius 3 is 1.11 bits per heavy atom. The normalized spacial score (nSPS) is 9.78. The lowest BCUT2D eigenvalue weighted by atomic mass is 10.0. The molecule has 0 saturated carbocycles. The van der Waals surface area contributed by atoms with Crippen molar-refractivity contribution in [3.05, 3.63) is 60.7 Å². The minimum Gasteiger partial charge on any atom is -0.450 e. The topological polar surface area (TPSA) is 57.5 Å². The van der Waals surface area contributed by atoms with Crippen LogP contribution in [0.15, 0.2) is 60.7 Å². The third-order valence-corrected chi connectivity index (χ3v) is 2.61. The van der Waals surface area contributed by atoms with E-state index >= 15 is 0 Å². The summed E-state index contributed by atoms with van der Waals surface area (Å²) in [6, 6.07) is 21.4. The lowest BCUT2D eigenvalue weighted by Gasteiger charge is -2.00. The molecule has 0 aromatic heterocycles. The van der Waals surface area contributed by atoms with Crippen LogP contribution in [0.25, 0.3) is 21.5 Å². The Balaban J connectivity index is 0.000000267. The van der Waals surface area contributed by atoms with Crippen LogP contribution in [0.3, 0.4) is 0 Å². The predicted molar refractivity (Wildman–Crippen MR) is 72.1 cm³/mol. The van der Waals surface area contributed by atoms with E-state index in [1.54, 1.807) is 0 Å². The Morgan fingerprint density at radius 1 is 0.667 bits per heavy atom. The third kappa shape index (κ3) is 2.77. The molecule has 0 aliphatic carbocycles. The van der Waals surface area contributed by atoms with Gasteiger partial charge >= 0.3 is 6.16 Å². The number of hydrogen-bond donors (Lipinski definition) is 2. The van der Waals surface area contributed by atoms with E-state index in [1.807, 2.05) is 0 Å². The second kappa shape index (κ2) is 5.19. The summed E-state index contributed by atoms with van der Waals surface area (Å²) < 4.78 is 0. The standard InChI is InChI=1S/C14H10.CH2O3/c1-2-6-12-10-14-8-4-3-7-13(14)9-11(12)5-1;2-1(3)4/h1-10H;(H2,2,3,4). The molecular formula is C15H12O3. The smallest absolute Gasteiger partial charge is 0.450 e. The number of carboxylic acid groups (broad SMARTS) is 2. The zero-order valence-corrected chi connectivity index (χ0v) is 9.58. The maximum atomic E-state index is 8.56. The second-order valence-corrected chi connectivity index (χ2v) is 3.83. The van der Waals surface area contributed by atoms with Gasteiger partial charge in [-0.2, -0.15) is 0 Å². The van der Waals surface area contributed by atoms with Gasteiger partial charge in [-0.3, -0.25) is 0 Å². The van der Waals surface area contributed by atoms with Crippen molar-refractivity contribution in [2.45, 2.75) is 0 Å². The van der Waals surface area contributed by atoms with Gasteiger partial charge in [-0.1, -0.05) is 48.5 Å². The molecule has 0 atom stereocenters. The minimum atomic E-state index is -1.83. The van der Waals surface area contributed by atoms with Crippen molar-refractivity contribution in [3.63, 3.8) is 0 Å². The third-order valence-electron chi connectivity index (χ3n) is 2.61. The van der Waals surface area contributed by atoms with Crippen LogP contribution in [0, 0.1) is 0 Å². The van der Waals surface area contributed by atoms with Gasteiger partial charge < -0.3 is 10.2 Å². The second-order valence-electron chi connectivity index (χ2n) is 3.83. The average molecular weight is 240 g/mol. The van der Waals surface area contributed by atoms with Crippen LogP contribution >= 0.6 is 0 Å². The first kappa shape index (κ1) is 11.9. The van der Waals surface area contributed by atoms with Crippen LogP contribution in [-0.2, 0) is 0 Å². The molecule has 3 rings (SSSR count). The number of rotatable bonds is 0. The molecule has 0 heterocycles. The SMILES string of the molecule is O=C(O)O.c1ccc2cc3ccccc3cc2c1. The predicted octanol–water partition coefficient (Wildman–Crippen LogP) is 4.22. The van der Waals surface area contributed by atoms with Crippen LogP contribution in [0.4, 0.5) is 4.79 Å². The molecule has 0 saturated heterocycles. The van der Waals surface area contributed by atoms with Gasteiger partial charge in [0.1, 0.15) is 0 Å². The molecule has 0 bridgehead atoms. The highest BCUT2D eigenvalue weighted by molar-refractivity contribution is 5.98. The zero-order valence-electron chi connectivity index (χ0n) is 9.58. The largest absolute Gasteiger partial charge is 0.503 e. The summed E-state index contributed by atoms with van der Waals surface area (Å²) in [5, 5.41) is 19.2. The summed E-state index contributed by atoms with van der Waals surface area (Å²) in [6.45, 7) is 0. The molecule has 3 aromatic rings. The molecule has 0 fully saturated rings. The van der Waals surface area contributed by atoms with E-state index in [0.29, 0.717) is 0 Å². The Kier molecular flexibility index (Phi) is 3.44. The Hall–Kier alpha value is -2.55. The molecule has 0 aliphatic rings. The van der Waals surface area contributed by atoms with E-state index in [4.69, 9.17) is 15.0 Å². The molecule has 18 heavy (non-hydrogen) atoms. The highest BCUT2D eigenvalue weighted by Crippen LogP contribution is 2.21. The Morgan fingerprint density at radius 2 is 0.889 bits per heavy atom. The van der Waals surface area contributed by atoms with Gasteiger partial charge in [0.15, 0.2) is 0 Å². The summed E-state index contributed by atoms with van der Waals surface area (Å²) in [6.07, 6.45) is -1.83. The molecule has 0 amide bonds. The van der Waals surface area contributed by atoms with Gasteiger partial charge in [0.2, 0.25) is 0 Å². The molecular weight excluding hydrogens is 228 g/mol. The molecule has 2 N–H and O–H groups in total. The summed E-state index contributed by atoms with van der Waals surface area (Å²) >= 11 is 0. The Labute approximate surface area is 104 Å². The van der Waals surface area contributed by atoms with Gasteiger partial charge in [0.25, 0.3) is 0 Å². The summed E-state index contributed by atoms with van der Waals surface area (Å²) in [5.41, 5.74) is 0. The van der Waals surface area contributed by atoms with Crippen molar-refractivity contribution >= 4 is 27.7 Å². The van der Waals surface area contributed by atoms with E-state index in [0.717, 1.165) is 0 Å². The van der Waals surface area contributed by atoms with Gasteiger partial charge in [-0.15, -0.1) is 0 Å². The first-order chi connectivity index (χ1) is 8.66. The van der Waals surface area contributed by atoms with E-state index in [1.165, 1.54) is 21.5 Å². The fraction of sp³-hybridized carbons (Fsp3) is 0. The first-order valence-electron chi connectivity index (χ1n) is 5.46. The molecule has 3 aromatic carbocycles. The van der Waals surface area contributed by atoms with Crippen LogP contribution in [-0.4, -0.2) is 16.4 Å². The van der Waals surface area contributed by atoms with Crippen LogP contribution in [0.2, 0.25) is 0 Å². The van der Waals surface area contributed by atoms with E-state index in [-0.39, 0.29) is 0 Å². The lowest BCUT2D eigenvalue weighted by Crippen LogP contribution is -1.81. The summed E-state index contributed by atoms with van der Waals surface area (Å²) in [5.74, 6) is 0. The molecule has 0 aliphatic heterocycles. The van der Waals surface area contributed by atoms with Gasteiger partial charge in [-0.25, -0.2) is 4.79 Å². The van der Waals surface area contributed by atoms with Crippen LogP contribution < -0.4 is 0 Å². The highest BCUT2D eigenvalue weighted by atomic mass is 16.6. The summed E-state index contributed by atoms with van der Waals surface area (Å²) in [4.78, 5) is 8.56. The molecule has 0 spiro atoms. The first-order valence-corrected chi connectivity index (χ1v) is 5.46. The summed E-state index contributed by atoms with van der Waals surface area (Å²) in [7, 11) is 0. The van der Waals surface area contributed by atoms with Crippen molar-refractivity contribution in [3.8, 4) is 0 Å². The fourth-order valence-electron chi connectivity index (χ4n) is 1.88. The van der Waals surface area contributed by atoms with Crippen molar-refractivity contribution in [1.29, 1.82) is 0 Å². The van der Waals surface area contributed by atoms with E-state index < -0.39 is 6.16 Å². The Bertz CT molecular complexity index is 580. The number of benzene rings is 3. The van der Waals surface area contributed by atoms with E-state index in [2.05, 4.69) is 60.7 Å². The van der Waals surface area contributed by atoms with Crippen molar-refractivity contribution in [2.24, 2.45) is 0 Å². The van der Waals surface area contributed by atoms with Crippen molar-refractivity contribution in [2.75, 3.05) is 0 Å². The van der Waals surface area contributed by atoms with Gasteiger partial charge in [-0.05, 0) is 33.7 Å². The monoisotopic (exact) mass is 240 g/mol. The minimum absolute atomic E-state index is 1.31. The van der Waals surface area contributed by atoms with Gasteiger partial charge in [0, 0.05) is 0 Å². The number of carbonyl (C=O) groups is 1. The zero-order chi connectivity index (χ0) is 13.0. The lowest BCUT2D eigenvalue weighted by molar-refractivity contribution is 0.137. The maximum Gasteiger partial charge on any atom is 0.503 e. The van der Waals surface area contributed by atoms with Crippen molar-refractivity contribution in [1.82, 2.24) is 0 Å². The average Bonchev–Trinajstić information content (AvgIpc) is 2.35. The van der Waals surface area contributed by atoms with E-state index in [9.17, 15) is 0 Å². The quantitative estimate of drug-likeness (QED) is 0.578. The maximum absolute atomic E-state index is 8.56. The molecule has 3 heteroatoms. The van der Waals surface area contributed by atoms with Crippen molar-refractivity contribution < 1.29 is 15.0 Å².